The number of imide groups is 1. The largest absolute Gasteiger partial charge is 0.376 e. The van der Waals surface area contributed by atoms with Crippen LogP contribution in [-0.4, -0.2) is 41.6 Å². The zero-order chi connectivity index (χ0) is 7.56. The van der Waals surface area contributed by atoms with Crippen molar-refractivity contribution in [3.63, 3.8) is 0 Å². The molecule has 0 bridgehead atoms. The maximum atomic E-state index is 10.7. The SMILES string of the molecule is O=C1CNCC(=O)N1CO. The Morgan fingerprint density at radius 3 is 2.20 bits per heavy atom. The van der Waals surface area contributed by atoms with E-state index in [1.165, 1.54) is 0 Å². The normalized spacial score (nSPS) is 19.9. The average molecular weight is 144 g/mol. The Morgan fingerprint density at radius 2 is 1.90 bits per heavy atom. The molecular weight excluding hydrogens is 136 g/mol. The highest BCUT2D eigenvalue weighted by molar-refractivity contribution is 5.99. The molecule has 2 amide bonds. The molecule has 1 rings (SSSR count). The molecule has 0 aliphatic carbocycles. The molecule has 0 spiro atoms. The summed E-state index contributed by atoms with van der Waals surface area (Å²) in [5.74, 6) is -0.752. The maximum Gasteiger partial charge on any atom is 0.245 e. The summed E-state index contributed by atoms with van der Waals surface area (Å²) >= 11 is 0. The fourth-order valence-corrected chi connectivity index (χ4v) is 0.764. The second kappa shape index (κ2) is 2.76. The van der Waals surface area contributed by atoms with E-state index in [9.17, 15) is 9.59 Å². The first kappa shape index (κ1) is 7.17. The van der Waals surface area contributed by atoms with Crippen LogP contribution in [0.15, 0.2) is 0 Å². The summed E-state index contributed by atoms with van der Waals surface area (Å²) in [4.78, 5) is 22.3. The summed E-state index contributed by atoms with van der Waals surface area (Å²) in [6.07, 6.45) is 0. The smallest absolute Gasteiger partial charge is 0.245 e. The number of hydrogen-bond donors (Lipinski definition) is 2. The van der Waals surface area contributed by atoms with Crippen molar-refractivity contribution in [2.75, 3.05) is 19.8 Å². The van der Waals surface area contributed by atoms with Crippen LogP contribution in [0.4, 0.5) is 0 Å². The lowest BCUT2D eigenvalue weighted by Crippen LogP contribution is -2.52. The van der Waals surface area contributed by atoms with Gasteiger partial charge in [-0.25, -0.2) is 0 Å². The topological polar surface area (TPSA) is 69.6 Å². The molecule has 1 heterocycles. The van der Waals surface area contributed by atoms with E-state index in [1.807, 2.05) is 0 Å². The van der Waals surface area contributed by atoms with Crippen LogP contribution in [0.1, 0.15) is 0 Å². The highest BCUT2D eigenvalue weighted by Crippen LogP contribution is 1.92. The van der Waals surface area contributed by atoms with E-state index in [4.69, 9.17) is 5.11 Å². The molecule has 5 nitrogen and oxygen atoms in total. The lowest BCUT2D eigenvalue weighted by Gasteiger charge is -2.22. The summed E-state index contributed by atoms with van der Waals surface area (Å²) in [6.45, 7) is -0.252. The van der Waals surface area contributed by atoms with Crippen LogP contribution >= 0.6 is 0 Å². The number of aliphatic hydroxyl groups excluding tert-OH is 1. The molecule has 0 aromatic rings. The minimum absolute atomic E-state index is 0.131. The number of nitrogens with one attached hydrogen (secondary N) is 1. The Labute approximate surface area is 57.6 Å². The van der Waals surface area contributed by atoms with Gasteiger partial charge >= 0.3 is 0 Å². The summed E-state index contributed by atoms with van der Waals surface area (Å²) in [6, 6.07) is 0. The summed E-state index contributed by atoms with van der Waals surface area (Å²) in [7, 11) is 0. The quantitative estimate of drug-likeness (QED) is 0.413. The molecule has 5 heteroatoms. The fraction of sp³-hybridized carbons (Fsp3) is 0.600. The molecule has 10 heavy (non-hydrogen) atoms. The molecule has 0 aromatic carbocycles. The van der Waals surface area contributed by atoms with E-state index in [-0.39, 0.29) is 24.9 Å². The van der Waals surface area contributed by atoms with Crippen molar-refractivity contribution < 1.29 is 14.7 Å². The molecule has 1 fully saturated rings. The van der Waals surface area contributed by atoms with Crippen LogP contribution in [0.3, 0.4) is 0 Å². The minimum Gasteiger partial charge on any atom is -0.376 e. The van der Waals surface area contributed by atoms with E-state index in [0.29, 0.717) is 0 Å². The average Bonchev–Trinajstić information content (AvgIpc) is 1.88. The Hall–Kier alpha value is -0.940. The maximum absolute atomic E-state index is 10.7. The van der Waals surface area contributed by atoms with E-state index in [2.05, 4.69) is 5.32 Å². The first-order valence-electron chi connectivity index (χ1n) is 2.90. The number of carbonyl (C=O) groups is 2. The van der Waals surface area contributed by atoms with Crippen LogP contribution in [0.25, 0.3) is 0 Å². The molecule has 1 saturated heterocycles. The third kappa shape index (κ3) is 1.14. The van der Waals surface area contributed by atoms with Gasteiger partial charge in [-0.15, -0.1) is 0 Å². The summed E-state index contributed by atoms with van der Waals surface area (Å²) in [5.41, 5.74) is 0. The zero-order valence-corrected chi connectivity index (χ0v) is 5.33. The van der Waals surface area contributed by atoms with Gasteiger partial charge in [0.05, 0.1) is 13.1 Å². The first-order chi connectivity index (χ1) is 4.75. The third-order valence-corrected chi connectivity index (χ3v) is 1.30. The molecule has 0 radical (unpaired) electrons. The molecular formula is C5H8N2O3. The van der Waals surface area contributed by atoms with Crippen LogP contribution in [0, 0.1) is 0 Å². The molecule has 1 aliphatic rings. The third-order valence-electron chi connectivity index (χ3n) is 1.30. The van der Waals surface area contributed by atoms with Crippen LogP contribution in [-0.2, 0) is 9.59 Å². The van der Waals surface area contributed by atoms with Gasteiger partial charge in [0, 0.05) is 0 Å². The van der Waals surface area contributed by atoms with E-state index in [1.54, 1.807) is 0 Å². The number of hydrogen-bond acceptors (Lipinski definition) is 4. The Morgan fingerprint density at radius 1 is 1.40 bits per heavy atom. The standard InChI is InChI=1S/C5H8N2O3/c8-3-7-4(9)1-6-2-5(7)10/h6,8H,1-3H2. The number of rotatable bonds is 1. The zero-order valence-electron chi connectivity index (χ0n) is 5.33. The van der Waals surface area contributed by atoms with Gasteiger partial charge < -0.3 is 5.11 Å². The molecule has 1 aliphatic heterocycles. The van der Waals surface area contributed by atoms with Crippen molar-refractivity contribution >= 4 is 11.8 Å². The van der Waals surface area contributed by atoms with E-state index >= 15 is 0 Å². The van der Waals surface area contributed by atoms with Gasteiger partial charge in [-0.2, -0.15) is 0 Å². The van der Waals surface area contributed by atoms with Crippen molar-refractivity contribution in [1.82, 2.24) is 10.2 Å². The fourth-order valence-electron chi connectivity index (χ4n) is 0.764. The van der Waals surface area contributed by atoms with Gasteiger partial charge in [-0.1, -0.05) is 0 Å². The number of aliphatic hydroxyl groups is 1. The second-order valence-electron chi connectivity index (χ2n) is 1.96. The van der Waals surface area contributed by atoms with Crippen molar-refractivity contribution in [3.8, 4) is 0 Å². The van der Waals surface area contributed by atoms with Gasteiger partial charge in [-0.05, 0) is 0 Å². The predicted octanol–water partition coefficient (Wildman–Crippen LogP) is -2.11. The molecule has 2 N–H and O–H groups in total. The highest BCUT2D eigenvalue weighted by Gasteiger charge is 2.23. The van der Waals surface area contributed by atoms with Crippen molar-refractivity contribution in [1.29, 1.82) is 0 Å². The number of piperazine rings is 1. The lowest BCUT2D eigenvalue weighted by molar-refractivity contribution is -0.150. The van der Waals surface area contributed by atoms with E-state index < -0.39 is 6.73 Å². The second-order valence-corrected chi connectivity index (χ2v) is 1.96. The van der Waals surface area contributed by atoms with Crippen molar-refractivity contribution in [3.05, 3.63) is 0 Å². The highest BCUT2D eigenvalue weighted by atomic mass is 16.3. The van der Waals surface area contributed by atoms with Gasteiger partial charge in [0.2, 0.25) is 11.8 Å². The van der Waals surface area contributed by atoms with Gasteiger partial charge in [0.1, 0.15) is 6.73 Å². The van der Waals surface area contributed by atoms with Crippen LogP contribution in [0.5, 0.6) is 0 Å². The van der Waals surface area contributed by atoms with Crippen LogP contribution in [0.2, 0.25) is 0 Å². The predicted molar refractivity (Wildman–Crippen MR) is 31.8 cm³/mol. The Kier molecular flexibility index (Phi) is 1.98. The summed E-state index contributed by atoms with van der Waals surface area (Å²) in [5, 5.41) is 11.1. The molecule has 0 atom stereocenters. The number of amides is 2. The molecule has 56 valence electrons. The van der Waals surface area contributed by atoms with Gasteiger partial charge in [0.25, 0.3) is 0 Å². The van der Waals surface area contributed by atoms with Crippen molar-refractivity contribution in [2.24, 2.45) is 0 Å². The molecule has 0 aromatic heterocycles. The molecule has 0 saturated carbocycles. The van der Waals surface area contributed by atoms with Gasteiger partial charge in [0.15, 0.2) is 0 Å². The van der Waals surface area contributed by atoms with E-state index in [0.717, 1.165) is 4.90 Å². The number of nitrogens with zero attached hydrogens (tertiary/aromatic N) is 1. The first-order valence-corrected chi connectivity index (χ1v) is 2.90. The van der Waals surface area contributed by atoms with Crippen LogP contribution < -0.4 is 5.32 Å². The monoisotopic (exact) mass is 144 g/mol. The molecule has 0 unspecified atom stereocenters. The van der Waals surface area contributed by atoms with Crippen molar-refractivity contribution in [2.45, 2.75) is 0 Å². The number of carbonyl (C=O) groups excluding carboxylic acids is 2. The Bertz CT molecular complexity index is 152. The minimum atomic E-state index is -0.515. The lowest BCUT2D eigenvalue weighted by atomic mass is 10.4. The summed E-state index contributed by atoms with van der Waals surface area (Å²) < 4.78 is 0. The Balaban J connectivity index is 2.62. The van der Waals surface area contributed by atoms with Gasteiger partial charge in [-0.3, -0.25) is 19.8 Å².